The van der Waals surface area contributed by atoms with Gasteiger partial charge < -0.3 is 10.4 Å². The molecule has 4 rings (SSSR count). The number of hydrogen-bond acceptors (Lipinski definition) is 5. The van der Waals surface area contributed by atoms with Gasteiger partial charge in [-0.15, -0.1) is 0 Å². The third-order valence-electron chi connectivity index (χ3n) is 5.30. The molecule has 0 unspecified atom stereocenters. The van der Waals surface area contributed by atoms with E-state index in [2.05, 4.69) is 10.3 Å². The van der Waals surface area contributed by atoms with E-state index in [9.17, 15) is 27.9 Å². The summed E-state index contributed by atoms with van der Waals surface area (Å²) < 4.78 is 40.1. The predicted octanol–water partition coefficient (Wildman–Crippen LogP) is 5.61. The fraction of sp³-hybridized carbons (Fsp3) is 0.125. The van der Waals surface area contributed by atoms with E-state index in [0.29, 0.717) is 11.3 Å². The lowest BCUT2D eigenvalue weighted by Crippen LogP contribution is -2.25. The lowest BCUT2D eigenvalue weighted by atomic mass is 10.2. The number of carbonyl (C=O) groups is 1. The Hall–Kier alpha value is -3.70. The standard InChI is InChI=1S/C24H18ClF3N4O3S/c1-14-22(34)32(16-6-8-17(9-7-16)36-24(26,27)28)23(35)31(14)13-15-10-11-29-12-20(15)30-21(33)18-4-2-3-5-19(18)25/h2-12,34H,13H2,1H3,(H,30,33). The van der Waals surface area contributed by atoms with Crippen molar-refractivity contribution in [3.8, 4) is 11.6 Å². The zero-order valence-corrected chi connectivity index (χ0v) is 20.2. The van der Waals surface area contributed by atoms with Crippen LogP contribution in [0.2, 0.25) is 5.02 Å². The van der Waals surface area contributed by atoms with Gasteiger partial charge in [-0.25, -0.2) is 9.36 Å². The number of imidazole rings is 1. The summed E-state index contributed by atoms with van der Waals surface area (Å²) in [5.41, 5.74) is -3.48. The average molecular weight is 535 g/mol. The molecule has 12 heteroatoms. The maximum Gasteiger partial charge on any atom is 0.446 e. The van der Waals surface area contributed by atoms with Crippen LogP contribution in [0.25, 0.3) is 5.69 Å². The highest BCUT2D eigenvalue weighted by Crippen LogP contribution is 2.37. The molecule has 0 bridgehead atoms. The summed E-state index contributed by atoms with van der Waals surface area (Å²) in [4.78, 5) is 29.9. The highest BCUT2D eigenvalue weighted by atomic mass is 35.5. The molecule has 0 atom stereocenters. The van der Waals surface area contributed by atoms with Crippen molar-refractivity contribution < 1.29 is 23.1 Å². The molecule has 0 spiro atoms. The summed E-state index contributed by atoms with van der Waals surface area (Å²) in [5.74, 6) is -0.817. The molecule has 4 aromatic rings. The van der Waals surface area contributed by atoms with E-state index in [-0.39, 0.29) is 51.0 Å². The lowest BCUT2D eigenvalue weighted by Gasteiger charge is -2.12. The summed E-state index contributed by atoms with van der Waals surface area (Å²) in [6.07, 6.45) is 2.92. The first-order valence-corrected chi connectivity index (χ1v) is 11.6. The monoisotopic (exact) mass is 534 g/mol. The number of halogens is 4. The van der Waals surface area contributed by atoms with E-state index in [1.54, 1.807) is 30.3 Å². The number of aromatic nitrogens is 3. The molecule has 2 heterocycles. The normalized spacial score (nSPS) is 11.5. The van der Waals surface area contributed by atoms with E-state index >= 15 is 0 Å². The van der Waals surface area contributed by atoms with E-state index < -0.39 is 17.1 Å². The molecular formula is C24H18ClF3N4O3S. The van der Waals surface area contributed by atoms with E-state index in [0.717, 1.165) is 4.57 Å². The molecule has 2 N–H and O–H groups in total. The Bertz CT molecular complexity index is 1480. The van der Waals surface area contributed by atoms with Crippen molar-refractivity contribution >= 4 is 35.0 Å². The highest BCUT2D eigenvalue weighted by molar-refractivity contribution is 8.00. The number of alkyl halides is 3. The molecule has 0 aliphatic heterocycles. The first kappa shape index (κ1) is 25.4. The van der Waals surface area contributed by atoms with Crippen LogP contribution < -0.4 is 11.0 Å². The number of amides is 1. The Morgan fingerprint density at radius 3 is 2.50 bits per heavy atom. The number of pyridine rings is 1. The number of aromatic hydroxyl groups is 1. The summed E-state index contributed by atoms with van der Waals surface area (Å²) >= 11 is 5.83. The van der Waals surface area contributed by atoms with Gasteiger partial charge >= 0.3 is 11.2 Å². The minimum atomic E-state index is -4.44. The van der Waals surface area contributed by atoms with Crippen LogP contribution in [0.5, 0.6) is 5.88 Å². The van der Waals surface area contributed by atoms with Gasteiger partial charge in [0.05, 0.1) is 40.4 Å². The van der Waals surface area contributed by atoms with Gasteiger partial charge in [-0.2, -0.15) is 13.2 Å². The second-order valence-corrected chi connectivity index (χ2v) is 9.17. The SMILES string of the molecule is Cc1c(O)n(-c2ccc(SC(F)(F)F)cc2)c(=O)n1Cc1ccncc1NC(=O)c1ccccc1Cl. The van der Waals surface area contributed by atoms with Crippen molar-refractivity contribution in [2.75, 3.05) is 5.32 Å². The number of carbonyl (C=O) groups excluding carboxylic acids is 1. The molecule has 2 aromatic carbocycles. The van der Waals surface area contributed by atoms with Crippen molar-refractivity contribution in [2.45, 2.75) is 23.9 Å². The number of anilines is 1. The molecule has 186 valence electrons. The van der Waals surface area contributed by atoms with Crippen molar-refractivity contribution in [1.29, 1.82) is 0 Å². The minimum Gasteiger partial charge on any atom is -0.493 e. The van der Waals surface area contributed by atoms with Crippen molar-refractivity contribution in [2.24, 2.45) is 0 Å². The Morgan fingerprint density at radius 2 is 1.83 bits per heavy atom. The zero-order valence-electron chi connectivity index (χ0n) is 18.6. The van der Waals surface area contributed by atoms with Gasteiger partial charge in [0.15, 0.2) is 0 Å². The topological polar surface area (TPSA) is 89.2 Å². The molecule has 7 nitrogen and oxygen atoms in total. The number of nitrogens with one attached hydrogen (secondary N) is 1. The van der Waals surface area contributed by atoms with Gasteiger partial charge in [0.25, 0.3) is 5.91 Å². The molecule has 0 saturated heterocycles. The van der Waals surface area contributed by atoms with E-state index in [1.807, 2.05) is 0 Å². The van der Waals surface area contributed by atoms with Crippen molar-refractivity contribution in [3.05, 3.63) is 99.3 Å². The van der Waals surface area contributed by atoms with Crippen LogP contribution in [-0.4, -0.2) is 30.6 Å². The molecule has 0 radical (unpaired) electrons. The third-order valence-corrected chi connectivity index (χ3v) is 6.37. The highest BCUT2D eigenvalue weighted by Gasteiger charge is 2.29. The zero-order chi connectivity index (χ0) is 26.0. The average Bonchev–Trinajstić information content (AvgIpc) is 3.03. The first-order chi connectivity index (χ1) is 17.0. The largest absolute Gasteiger partial charge is 0.493 e. The van der Waals surface area contributed by atoms with Crippen LogP contribution in [0.1, 0.15) is 21.6 Å². The number of benzene rings is 2. The first-order valence-electron chi connectivity index (χ1n) is 10.4. The number of rotatable bonds is 6. The Kier molecular flexibility index (Phi) is 7.14. The number of nitrogens with zero attached hydrogens (tertiary/aromatic N) is 3. The number of hydrogen-bond donors (Lipinski definition) is 2. The second kappa shape index (κ2) is 10.1. The van der Waals surface area contributed by atoms with Crippen LogP contribution in [0, 0.1) is 6.92 Å². The summed E-state index contributed by atoms with van der Waals surface area (Å²) in [6, 6.07) is 13.2. The maximum absolute atomic E-state index is 13.2. The van der Waals surface area contributed by atoms with Crippen LogP contribution in [0.4, 0.5) is 18.9 Å². The quantitative estimate of drug-likeness (QED) is 0.314. The van der Waals surface area contributed by atoms with Gasteiger partial charge in [-0.3, -0.25) is 14.3 Å². The van der Waals surface area contributed by atoms with E-state index in [1.165, 1.54) is 48.1 Å². The molecule has 0 saturated carbocycles. The van der Waals surface area contributed by atoms with Crippen LogP contribution in [0.15, 0.2) is 76.7 Å². The molecular weight excluding hydrogens is 517 g/mol. The lowest BCUT2D eigenvalue weighted by molar-refractivity contribution is -0.0328. The predicted molar refractivity (Wildman–Crippen MR) is 131 cm³/mol. The third kappa shape index (κ3) is 5.42. The minimum absolute atomic E-state index is 0.0199. The van der Waals surface area contributed by atoms with Gasteiger partial charge in [0.2, 0.25) is 5.88 Å². The Balaban J connectivity index is 1.64. The van der Waals surface area contributed by atoms with Crippen LogP contribution in [0.3, 0.4) is 0 Å². The molecule has 1 amide bonds. The molecule has 36 heavy (non-hydrogen) atoms. The summed E-state index contributed by atoms with van der Waals surface area (Å²) in [5, 5.41) is 13.7. The Morgan fingerprint density at radius 1 is 1.14 bits per heavy atom. The molecule has 2 aromatic heterocycles. The van der Waals surface area contributed by atoms with E-state index in [4.69, 9.17) is 11.6 Å². The van der Waals surface area contributed by atoms with Crippen LogP contribution >= 0.6 is 23.4 Å². The molecule has 0 aliphatic rings. The van der Waals surface area contributed by atoms with Crippen molar-refractivity contribution in [1.82, 2.24) is 14.1 Å². The fourth-order valence-electron chi connectivity index (χ4n) is 3.53. The maximum atomic E-state index is 13.2. The second-order valence-electron chi connectivity index (χ2n) is 7.62. The smallest absolute Gasteiger partial charge is 0.446 e. The fourth-order valence-corrected chi connectivity index (χ4v) is 4.29. The van der Waals surface area contributed by atoms with Crippen LogP contribution in [-0.2, 0) is 6.54 Å². The van der Waals surface area contributed by atoms with Gasteiger partial charge in [0, 0.05) is 11.1 Å². The van der Waals surface area contributed by atoms with Crippen molar-refractivity contribution in [3.63, 3.8) is 0 Å². The molecule has 0 aliphatic carbocycles. The van der Waals surface area contributed by atoms with Gasteiger partial charge in [-0.1, -0.05) is 23.7 Å². The summed E-state index contributed by atoms with van der Waals surface area (Å²) in [7, 11) is 0. The number of thioether (sulfide) groups is 1. The summed E-state index contributed by atoms with van der Waals surface area (Å²) in [6.45, 7) is 1.51. The van der Waals surface area contributed by atoms with Gasteiger partial charge in [-0.05, 0) is 66.7 Å². The van der Waals surface area contributed by atoms with Gasteiger partial charge in [0.1, 0.15) is 0 Å². The Labute approximate surface area is 212 Å². The molecule has 0 fully saturated rings.